The van der Waals surface area contributed by atoms with Crippen LogP contribution < -0.4 is 0 Å². The van der Waals surface area contributed by atoms with E-state index in [0.717, 1.165) is 24.8 Å². The number of aromatic nitrogens is 1. The van der Waals surface area contributed by atoms with Crippen LogP contribution in [0.2, 0.25) is 0 Å². The summed E-state index contributed by atoms with van der Waals surface area (Å²) in [6.07, 6.45) is 9.50. The van der Waals surface area contributed by atoms with Crippen molar-refractivity contribution in [2.75, 3.05) is 0 Å². The Balaban J connectivity index is 2.27. The summed E-state index contributed by atoms with van der Waals surface area (Å²) in [7, 11) is 0. The molecule has 0 amide bonds. The third-order valence-corrected chi connectivity index (χ3v) is 6.76. The van der Waals surface area contributed by atoms with E-state index in [4.69, 9.17) is 4.74 Å². The molecule has 6 heteroatoms. The number of aliphatic hydroxyl groups is 2. The van der Waals surface area contributed by atoms with E-state index in [2.05, 4.69) is 11.1 Å². The van der Waals surface area contributed by atoms with Gasteiger partial charge in [-0.05, 0) is 55.9 Å². The van der Waals surface area contributed by atoms with Crippen molar-refractivity contribution in [3.05, 3.63) is 47.8 Å². The Labute approximate surface area is 197 Å². The Hall–Kier alpha value is -2.31. The Bertz CT molecular complexity index is 845. The lowest BCUT2D eigenvalue weighted by molar-refractivity contribution is -0.153. The van der Waals surface area contributed by atoms with Gasteiger partial charge in [0, 0.05) is 24.7 Å². The molecule has 0 bridgehead atoms. The molecular formula is C27H39NO5. The van der Waals surface area contributed by atoms with Crippen molar-refractivity contribution in [2.45, 2.75) is 85.0 Å². The van der Waals surface area contributed by atoms with Crippen LogP contribution in [0, 0.1) is 17.3 Å². The van der Waals surface area contributed by atoms with Crippen LogP contribution in [0.15, 0.2) is 42.3 Å². The molecular weight excluding hydrogens is 418 g/mol. The largest absolute Gasteiger partial charge is 0.458 e. The van der Waals surface area contributed by atoms with E-state index in [-0.39, 0.29) is 18.1 Å². The van der Waals surface area contributed by atoms with Crippen LogP contribution in [0.3, 0.4) is 0 Å². The fourth-order valence-corrected chi connectivity index (χ4v) is 4.18. The summed E-state index contributed by atoms with van der Waals surface area (Å²) < 4.78 is 5.68. The van der Waals surface area contributed by atoms with E-state index in [0.29, 0.717) is 6.42 Å². The molecule has 6 nitrogen and oxygen atoms in total. The molecule has 0 aliphatic carbocycles. The van der Waals surface area contributed by atoms with Gasteiger partial charge in [-0.25, -0.2) is 0 Å². The van der Waals surface area contributed by atoms with Crippen molar-refractivity contribution in [2.24, 2.45) is 17.3 Å². The summed E-state index contributed by atoms with van der Waals surface area (Å²) in [5.74, 6) is -1.49. The standard InChI is InChI=1S/C27H39NO5/c1-18-7-6-8-19(2)25(31)20(3)26(32)27(4,5)23(29)17-24(30)33-22(11-9-18)12-10-21-13-15-28-16-14-21/h9-10,12-16,19-20,22-23,25,29,31H,6-8,11,17H2,1-5H3/b12-10?,18-9-/t19-,20+,22?,23-,25-/m0/s1. The Morgan fingerprint density at radius 1 is 1.15 bits per heavy atom. The Morgan fingerprint density at radius 2 is 1.82 bits per heavy atom. The van der Waals surface area contributed by atoms with Crippen molar-refractivity contribution in [3.63, 3.8) is 0 Å². The zero-order chi connectivity index (χ0) is 24.6. The summed E-state index contributed by atoms with van der Waals surface area (Å²) in [4.78, 5) is 29.8. The summed E-state index contributed by atoms with van der Waals surface area (Å²) in [5.41, 5.74) is 0.948. The van der Waals surface area contributed by atoms with Crippen LogP contribution in [0.1, 0.15) is 72.3 Å². The molecule has 33 heavy (non-hydrogen) atoms. The van der Waals surface area contributed by atoms with Crippen molar-refractivity contribution in [3.8, 4) is 0 Å². The van der Waals surface area contributed by atoms with Crippen LogP contribution >= 0.6 is 0 Å². The normalized spacial score (nSPS) is 32.2. The molecule has 1 unspecified atom stereocenters. The van der Waals surface area contributed by atoms with Crippen molar-refractivity contribution < 1.29 is 24.5 Å². The van der Waals surface area contributed by atoms with Crippen molar-refractivity contribution in [1.29, 1.82) is 0 Å². The van der Waals surface area contributed by atoms with Gasteiger partial charge in [0.15, 0.2) is 0 Å². The van der Waals surface area contributed by atoms with Gasteiger partial charge in [-0.2, -0.15) is 0 Å². The Morgan fingerprint density at radius 3 is 2.48 bits per heavy atom. The zero-order valence-corrected chi connectivity index (χ0v) is 20.5. The summed E-state index contributed by atoms with van der Waals surface area (Å²) >= 11 is 0. The fraction of sp³-hybridized carbons (Fsp3) is 0.593. The van der Waals surface area contributed by atoms with Gasteiger partial charge >= 0.3 is 5.97 Å². The van der Waals surface area contributed by atoms with Crippen LogP contribution in [0.4, 0.5) is 0 Å². The number of carbonyl (C=O) groups is 2. The maximum Gasteiger partial charge on any atom is 0.309 e. The smallest absolute Gasteiger partial charge is 0.309 e. The number of aliphatic hydroxyl groups excluding tert-OH is 2. The van der Waals surface area contributed by atoms with E-state index in [1.807, 2.05) is 38.1 Å². The first-order valence-corrected chi connectivity index (χ1v) is 11.9. The molecule has 0 fully saturated rings. The summed E-state index contributed by atoms with van der Waals surface area (Å²) in [6.45, 7) is 8.95. The highest BCUT2D eigenvalue weighted by molar-refractivity contribution is 5.88. The molecule has 2 N–H and O–H groups in total. The van der Waals surface area contributed by atoms with Gasteiger partial charge in [0.25, 0.3) is 0 Å². The van der Waals surface area contributed by atoms with E-state index in [1.54, 1.807) is 33.2 Å². The van der Waals surface area contributed by atoms with E-state index in [9.17, 15) is 19.8 Å². The number of ether oxygens (including phenoxy) is 1. The van der Waals surface area contributed by atoms with Gasteiger partial charge in [-0.15, -0.1) is 0 Å². The predicted octanol–water partition coefficient (Wildman–Crippen LogP) is 4.51. The molecule has 1 aromatic heterocycles. The van der Waals surface area contributed by atoms with Crippen LogP contribution in [0.25, 0.3) is 6.08 Å². The molecule has 2 heterocycles. The molecule has 5 atom stereocenters. The minimum absolute atomic E-state index is 0.0430. The molecule has 2 rings (SSSR count). The van der Waals surface area contributed by atoms with Gasteiger partial charge < -0.3 is 14.9 Å². The third kappa shape index (κ3) is 7.90. The first-order valence-electron chi connectivity index (χ1n) is 11.9. The average Bonchev–Trinajstić information content (AvgIpc) is 2.79. The second-order valence-corrected chi connectivity index (χ2v) is 9.91. The SMILES string of the molecule is C/C1=C/CC(C=Cc2ccncc2)OC(=O)C[C@H](O)C(C)(C)C(=O)[C@H](C)[C@@H](O)[C@@H](C)CCC1. The number of ketones is 1. The van der Waals surface area contributed by atoms with Gasteiger partial charge in [0.2, 0.25) is 0 Å². The number of Topliss-reactive ketones (excluding diaryl/α,β-unsaturated/α-hetero) is 1. The molecule has 0 saturated heterocycles. The van der Waals surface area contributed by atoms with Gasteiger partial charge in [0.1, 0.15) is 11.9 Å². The lowest BCUT2D eigenvalue weighted by atomic mass is 9.73. The monoisotopic (exact) mass is 457 g/mol. The topological polar surface area (TPSA) is 96.7 Å². The molecule has 0 aromatic carbocycles. The Kier molecular flexibility index (Phi) is 9.99. The van der Waals surface area contributed by atoms with Crippen molar-refractivity contribution in [1.82, 2.24) is 4.98 Å². The van der Waals surface area contributed by atoms with E-state index < -0.39 is 35.6 Å². The quantitative estimate of drug-likeness (QED) is 0.501. The minimum Gasteiger partial charge on any atom is -0.458 e. The molecule has 1 aliphatic rings. The van der Waals surface area contributed by atoms with Crippen LogP contribution in [0.5, 0.6) is 0 Å². The lowest BCUT2D eigenvalue weighted by Crippen LogP contribution is -2.45. The van der Waals surface area contributed by atoms with Crippen molar-refractivity contribution >= 4 is 17.8 Å². The molecule has 0 radical (unpaired) electrons. The second-order valence-electron chi connectivity index (χ2n) is 9.91. The maximum absolute atomic E-state index is 13.1. The minimum atomic E-state index is -1.21. The second kappa shape index (κ2) is 12.2. The number of carbonyl (C=O) groups excluding carboxylic acids is 2. The summed E-state index contributed by atoms with van der Waals surface area (Å²) in [6, 6.07) is 3.73. The predicted molar refractivity (Wildman–Crippen MR) is 129 cm³/mol. The van der Waals surface area contributed by atoms with E-state index >= 15 is 0 Å². The highest BCUT2D eigenvalue weighted by Crippen LogP contribution is 2.32. The highest BCUT2D eigenvalue weighted by Gasteiger charge is 2.42. The highest BCUT2D eigenvalue weighted by atomic mass is 16.5. The number of hydrogen-bond acceptors (Lipinski definition) is 6. The summed E-state index contributed by atoms with van der Waals surface area (Å²) in [5, 5.41) is 21.5. The van der Waals surface area contributed by atoms with E-state index in [1.165, 1.54) is 5.57 Å². The number of pyridine rings is 1. The number of nitrogens with zero attached hydrogens (tertiary/aromatic N) is 1. The number of rotatable bonds is 2. The number of hydrogen-bond donors (Lipinski definition) is 2. The molecule has 0 saturated carbocycles. The average molecular weight is 458 g/mol. The number of allylic oxidation sites excluding steroid dienone is 1. The van der Waals surface area contributed by atoms with Crippen LogP contribution in [-0.2, 0) is 14.3 Å². The molecule has 1 aliphatic heterocycles. The zero-order valence-electron chi connectivity index (χ0n) is 20.5. The maximum atomic E-state index is 13.1. The number of esters is 1. The molecule has 1 aromatic rings. The first kappa shape index (κ1) is 26.9. The van der Waals surface area contributed by atoms with Crippen LogP contribution in [-0.4, -0.2) is 45.3 Å². The first-order chi connectivity index (χ1) is 15.5. The third-order valence-electron chi connectivity index (χ3n) is 6.76. The molecule has 182 valence electrons. The molecule has 0 spiro atoms. The fourth-order valence-electron chi connectivity index (χ4n) is 4.18. The lowest BCUT2D eigenvalue weighted by Gasteiger charge is -2.34. The van der Waals surface area contributed by atoms with Gasteiger partial charge in [-0.1, -0.05) is 45.4 Å². The van der Waals surface area contributed by atoms with Gasteiger partial charge in [0.05, 0.1) is 24.0 Å². The van der Waals surface area contributed by atoms with Gasteiger partial charge in [-0.3, -0.25) is 14.6 Å². The number of cyclic esters (lactones) is 1.